The monoisotopic (exact) mass is 437 g/mol. The molecule has 1 heterocycles. The van der Waals surface area contributed by atoms with Crippen molar-refractivity contribution in [3.8, 4) is 6.07 Å². The van der Waals surface area contributed by atoms with E-state index in [4.69, 9.17) is 10.00 Å². The first-order valence-corrected chi connectivity index (χ1v) is 12.9. The first-order valence-electron chi connectivity index (χ1n) is 12.9. The Balaban J connectivity index is 1.36. The van der Waals surface area contributed by atoms with Gasteiger partial charge in [-0.05, 0) is 91.8 Å². The summed E-state index contributed by atoms with van der Waals surface area (Å²) in [6.45, 7) is 6.09. The number of Topliss-reactive ketones (excluding diaryl/α,β-unsaturated/α-hetero) is 1. The van der Waals surface area contributed by atoms with Gasteiger partial charge in [0.25, 0.3) is 0 Å². The summed E-state index contributed by atoms with van der Waals surface area (Å²) in [5.74, 6) is 4.30. The molecule has 0 spiro atoms. The molecule has 8 atom stereocenters. The number of aromatic nitrogens is 2. The Morgan fingerprint density at radius 1 is 1.22 bits per heavy atom. The zero-order valence-corrected chi connectivity index (χ0v) is 20.1. The minimum Gasteiger partial charge on any atom is -0.384 e. The summed E-state index contributed by atoms with van der Waals surface area (Å²) in [4.78, 5) is 13.4. The van der Waals surface area contributed by atoms with Crippen molar-refractivity contribution in [1.29, 1.82) is 5.26 Å². The van der Waals surface area contributed by atoms with Crippen molar-refractivity contribution in [1.82, 2.24) is 9.78 Å². The number of carbonyl (C=O) groups is 1. The number of carbonyl (C=O) groups excluding carboxylic acids is 1. The van der Waals surface area contributed by atoms with E-state index in [9.17, 15) is 4.79 Å². The highest BCUT2D eigenvalue weighted by atomic mass is 16.5. The Kier molecular flexibility index (Phi) is 5.73. The molecule has 4 saturated carbocycles. The van der Waals surface area contributed by atoms with E-state index >= 15 is 0 Å². The van der Waals surface area contributed by atoms with Crippen LogP contribution < -0.4 is 0 Å². The van der Waals surface area contributed by atoms with Gasteiger partial charge in [-0.1, -0.05) is 20.3 Å². The zero-order valence-electron chi connectivity index (χ0n) is 20.1. The Bertz CT molecular complexity index is 903. The minimum absolute atomic E-state index is 0.118. The molecule has 0 aliphatic heterocycles. The molecule has 0 saturated heterocycles. The van der Waals surface area contributed by atoms with Gasteiger partial charge in [-0.2, -0.15) is 10.4 Å². The van der Waals surface area contributed by atoms with Crippen LogP contribution in [-0.4, -0.2) is 29.3 Å². The standard InChI is InChI=1S/C27H39N3O2/c1-18-8-11-27(17-32-3)20(12-18)4-5-21-22-6-7-24(26(22,2)10-9-23(21)27)25(31)16-30-15-19(13-28)14-29-30/h14-15,18,20-24H,4-12,16-17H2,1-3H3. The van der Waals surface area contributed by atoms with Gasteiger partial charge in [0, 0.05) is 19.2 Å². The summed E-state index contributed by atoms with van der Waals surface area (Å²) in [5, 5.41) is 13.3. The fourth-order valence-electron chi connectivity index (χ4n) is 9.12. The number of nitriles is 1. The van der Waals surface area contributed by atoms with Crippen molar-refractivity contribution >= 4 is 5.78 Å². The SMILES string of the molecule is COCC12CCC(C)CC1CCC1C3CCC(C(=O)Cn4cc(C#N)cn4)C3(C)CCC12. The molecule has 0 aromatic carbocycles. The van der Waals surface area contributed by atoms with Gasteiger partial charge in [0.15, 0.2) is 5.78 Å². The van der Waals surface area contributed by atoms with E-state index in [1.807, 2.05) is 7.11 Å². The average molecular weight is 438 g/mol. The fourth-order valence-corrected chi connectivity index (χ4v) is 9.12. The Labute approximate surface area is 192 Å². The molecule has 5 rings (SSSR count). The smallest absolute Gasteiger partial charge is 0.157 e. The predicted octanol–water partition coefficient (Wildman–Crippen LogP) is 5.25. The second kappa shape index (κ2) is 8.28. The largest absolute Gasteiger partial charge is 0.384 e. The number of ether oxygens (including phenoxy) is 1. The summed E-state index contributed by atoms with van der Waals surface area (Å²) >= 11 is 0. The lowest BCUT2D eigenvalue weighted by atomic mass is 9.44. The van der Waals surface area contributed by atoms with Crippen molar-refractivity contribution in [2.75, 3.05) is 13.7 Å². The minimum atomic E-state index is 0.118. The molecule has 32 heavy (non-hydrogen) atoms. The van der Waals surface area contributed by atoms with Crippen LogP contribution in [0.5, 0.6) is 0 Å². The summed E-state index contributed by atoms with van der Waals surface area (Å²) < 4.78 is 7.57. The maximum atomic E-state index is 13.4. The van der Waals surface area contributed by atoms with Crippen LogP contribution in [0.15, 0.2) is 12.4 Å². The van der Waals surface area contributed by atoms with Crippen molar-refractivity contribution < 1.29 is 9.53 Å². The van der Waals surface area contributed by atoms with Crippen molar-refractivity contribution in [3.63, 3.8) is 0 Å². The number of hydrogen-bond acceptors (Lipinski definition) is 4. The lowest BCUT2D eigenvalue weighted by molar-refractivity contribution is -0.154. The normalized spacial score (nSPS) is 43.1. The van der Waals surface area contributed by atoms with E-state index < -0.39 is 0 Å². The van der Waals surface area contributed by atoms with Crippen LogP contribution >= 0.6 is 0 Å². The molecule has 4 aliphatic carbocycles. The highest BCUT2D eigenvalue weighted by Gasteiger charge is 2.62. The number of rotatable bonds is 5. The van der Waals surface area contributed by atoms with E-state index in [0.717, 1.165) is 36.7 Å². The van der Waals surface area contributed by atoms with E-state index in [0.29, 0.717) is 29.2 Å². The van der Waals surface area contributed by atoms with Gasteiger partial charge in [-0.25, -0.2) is 0 Å². The molecule has 4 fully saturated rings. The Morgan fingerprint density at radius 2 is 2.06 bits per heavy atom. The summed E-state index contributed by atoms with van der Waals surface area (Å²) in [6, 6.07) is 2.11. The van der Waals surface area contributed by atoms with Crippen LogP contribution in [0.2, 0.25) is 0 Å². The van der Waals surface area contributed by atoms with Crippen LogP contribution in [-0.2, 0) is 16.1 Å². The maximum Gasteiger partial charge on any atom is 0.157 e. The second-order valence-electron chi connectivity index (χ2n) is 11.9. The van der Waals surface area contributed by atoms with Crippen molar-refractivity contribution in [3.05, 3.63) is 18.0 Å². The van der Waals surface area contributed by atoms with Crippen LogP contribution in [0, 0.1) is 57.7 Å². The Morgan fingerprint density at radius 3 is 2.81 bits per heavy atom. The highest BCUT2D eigenvalue weighted by Crippen LogP contribution is 2.68. The molecule has 174 valence electrons. The van der Waals surface area contributed by atoms with Crippen molar-refractivity contribution in [2.45, 2.75) is 78.2 Å². The van der Waals surface area contributed by atoms with Gasteiger partial charge in [-0.15, -0.1) is 0 Å². The number of nitrogens with zero attached hydrogens (tertiary/aromatic N) is 3. The van der Waals surface area contributed by atoms with Crippen molar-refractivity contribution in [2.24, 2.45) is 46.3 Å². The third-order valence-electron chi connectivity index (χ3n) is 10.5. The maximum absolute atomic E-state index is 13.4. The zero-order chi connectivity index (χ0) is 22.5. The summed E-state index contributed by atoms with van der Waals surface area (Å²) in [6.07, 6.45) is 14.7. The third-order valence-corrected chi connectivity index (χ3v) is 10.5. The van der Waals surface area contributed by atoms with Gasteiger partial charge in [0.1, 0.15) is 6.07 Å². The first-order chi connectivity index (χ1) is 15.4. The van der Waals surface area contributed by atoms with E-state index in [1.165, 1.54) is 51.4 Å². The van der Waals surface area contributed by atoms with Crippen LogP contribution in [0.25, 0.3) is 0 Å². The fraction of sp³-hybridized carbons (Fsp3) is 0.815. The van der Waals surface area contributed by atoms with Crippen LogP contribution in [0.4, 0.5) is 0 Å². The molecular formula is C27H39N3O2. The van der Waals surface area contributed by atoms with Gasteiger partial charge < -0.3 is 4.74 Å². The molecule has 0 bridgehead atoms. The van der Waals surface area contributed by atoms with Gasteiger partial charge in [0.2, 0.25) is 0 Å². The lowest BCUT2D eigenvalue weighted by Gasteiger charge is -2.61. The number of hydrogen-bond donors (Lipinski definition) is 0. The number of fused-ring (bicyclic) bond motifs is 5. The predicted molar refractivity (Wildman–Crippen MR) is 123 cm³/mol. The molecule has 5 nitrogen and oxygen atoms in total. The topological polar surface area (TPSA) is 67.9 Å². The van der Waals surface area contributed by atoms with Crippen LogP contribution in [0.1, 0.15) is 77.2 Å². The molecule has 0 N–H and O–H groups in total. The molecule has 1 aromatic heterocycles. The molecule has 0 radical (unpaired) electrons. The molecular weight excluding hydrogens is 398 g/mol. The molecule has 8 unspecified atom stereocenters. The number of methoxy groups -OCH3 is 1. The second-order valence-corrected chi connectivity index (χ2v) is 11.9. The Hall–Kier alpha value is -1.67. The quantitative estimate of drug-likeness (QED) is 0.631. The van der Waals surface area contributed by atoms with E-state index in [2.05, 4.69) is 25.0 Å². The molecule has 0 amide bonds. The summed E-state index contributed by atoms with van der Waals surface area (Å²) in [5.41, 5.74) is 1.01. The molecule has 1 aromatic rings. The third kappa shape index (κ3) is 3.36. The average Bonchev–Trinajstić information content (AvgIpc) is 3.37. The first kappa shape index (κ1) is 22.1. The molecule has 4 aliphatic rings. The van der Waals surface area contributed by atoms with Gasteiger partial charge in [0.05, 0.1) is 24.9 Å². The molecule has 5 heteroatoms. The highest BCUT2D eigenvalue weighted by molar-refractivity contribution is 5.82. The number of ketones is 1. The van der Waals surface area contributed by atoms with Crippen LogP contribution in [0.3, 0.4) is 0 Å². The van der Waals surface area contributed by atoms with Gasteiger partial charge >= 0.3 is 0 Å². The summed E-state index contributed by atoms with van der Waals surface area (Å²) in [7, 11) is 1.90. The van der Waals surface area contributed by atoms with Gasteiger partial charge in [-0.3, -0.25) is 9.48 Å². The van der Waals surface area contributed by atoms with E-state index in [1.54, 1.807) is 17.1 Å². The van der Waals surface area contributed by atoms with E-state index in [-0.39, 0.29) is 11.3 Å². The lowest BCUT2D eigenvalue weighted by Crippen LogP contribution is -2.56.